The van der Waals surface area contributed by atoms with Crippen LogP contribution < -0.4 is 0 Å². The lowest BCUT2D eigenvalue weighted by atomic mass is 9.98. The van der Waals surface area contributed by atoms with Crippen molar-refractivity contribution in [1.82, 2.24) is 9.88 Å². The molecular weight excluding hydrogens is 333 g/mol. The van der Waals surface area contributed by atoms with Crippen molar-refractivity contribution in [3.63, 3.8) is 0 Å². The summed E-state index contributed by atoms with van der Waals surface area (Å²) in [5, 5.41) is 2.31. The van der Waals surface area contributed by atoms with Crippen LogP contribution in [0.1, 0.15) is 28.3 Å². The fourth-order valence-electron chi connectivity index (χ4n) is 2.43. The van der Waals surface area contributed by atoms with Gasteiger partial charge in [0, 0.05) is 12.5 Å². The maximum absolute atomic E-state index is 12.3. The van der Waals surface area contributed by atoms with Crippen molar-refractivity contribution in [2.24, 2.45) is 5.92 Å². The number of aromatic nitrogens is 1. The molecule has 0 atom stereocenters. The minimum atomic E-state index is -4.16. The lowest BCUT2D eigenvalue weighted by molar-refractivity contribution is -0.148. The van der Waals surface area contributed by atoms with E-state index in [-0.39, 0.29) is 18.2 Å². The second kappa shape index (κ2) is 8.07. The zero-order valence-electron chi connectivity index (χ0n) is 12.8. The largest absolute Gasteiger partial charge is 0.461 e. The predicted octanol–water partition coefficient (Wildman–Crippen LogP) is 2.72. The first-order chi connectivity index (χ1) is 10.9. The van der Waals surface area contributed by atoms with Gasteiger partial charge in [0.2, 0.25) is 0 Å². The number of carbonyl (C=O) groups excluding carboxylic acids is 1. The van der Waals surface area contributed by atoms with Gasteiger partial charge in [-0.2, -0.15) is 13.2 Å². The molecule has 2 rings (SSSR count). The van der Waals surface area contributed by atoms with Crippen LogP contribution in [0.15, 0.2) is 5.38 Å². The second-order valence-corrected chi connectivity index (χ2v) is 6.44. The number of hydrogen-bond donors (Lipinski definition) is 0. The molecule has 9 heteroatoms. The Morgan fingerprint density at radius 1 is 1.43 bits per heavy atom. The smallest absolute Gasteiger partial charge is 0.401 e. The summed E-state index contributed by atoms with van der Waals surface area (Å²) in [5.74, 6) is -0.401. The summed E-state index contributed by atoms with van der Waals surface area (Å²) < 4.78 is 47.1. The lowest BCUT2D eigenvalue weighted by Crippen LogP contribution is -2.40. The van der Waals surface area contributed by atoms with Gasteiger partial charge in [-0.1, -0.05) is 0 Å². The van der Waals surface area contributed by atoms with E-state index in [0.717, 1.165) is 0 Å². The van der Waals surface area contributed by atoms with Gasteiger partial charge in [0.15, 0.2) is 5.69 Å². The summed E-state index contributed by atoms with van der Waals surface area (Å²) in [6.45, 7) is 0.429. The SMILES string of the molecule is COCc1nc(C(=O)OCC2CCN(CC(F)(F)F)CC2)cs1. The topological polar surface area (TPSA) is 51.7 Å². The molecule has 0 spiro atoms. The van der Waals surface area contributed by atoms with Crippen molar-refractivity contribution in [2.75, 3.05) is 33.4 Å². The number of nitrogens with zero attached hydrogens (tertiary/aromatic N) is 2. The van der Waals surface area contributed by atoms with Crippen LogP contribution in [0.2, 0.25) is 0 Å². The Balaban J connectivity index is 1.71. The molecule has 1 fully saturated rings. The van der Waals surface area contributed by atoms with Crippen molar-refractivity contribution >= 4 is 17.3 Å². The van der Waals surface area contributed by atoms with E-state index in [1.807, 2.05) is 0 Å². The van der Waals surface area contributed by atoms with E-state index in [2.05, 4.69) is 4.98 Å². The number of alkyl halides is 3. The molecule has 0 saturated carbocycles. The van der Waals surface area contributed by atoms with Crippen molar-refractivity contribution in [3.05, 3.63) is 16.1 Å². The monoisotopic (exact) mass is 352 g/mol. The Hall–Kier alpha value is -1.19. The molecule has 1 saturated heterocycles. The predicted molar refractivity (Wildman–Crippen MR) is 78.3 cm³/mol. The van der Waals surface area contributed by atoms with Crippen LogP contribution in [0, 0.1) is 5.92 Å². The number of hydrogen-bond acceptors (Lipinski definition) is 6. The summed E-state index contributed by atoms with van der Waals surface area (Å²) in [6.07, 6.45) is -2.98. The van der Waals surface area contributed by atoms with Crippen LogP contribution in [0.5, 0.6) is 0 Å². The number of carbonyl (C=O) groups is 1. The van der Waals surface area contributed by atoms with Crippen LogP contribution in [-0.2, 0) is 16.1 Å². The molecular formula is C14H19F3N2O3S. The highest BCUT2D eigenvalue weighted by molar-refractivity contribution is 7.09. The zero-order chi connectivity index (χ0) is 16.9. The number of piperidine rings is 1. The number of rotatable bonds is 6. The Bertz CT molecular complexity index is 514. The molecule has 0 aliphatic carbocycles. The first-order valence-electron chi connectivity index (χ1n) is 7.27. The Morgan fingerprint density at radius 2 is 2.13 bits per heavy atom. The fraction of sp³-hybridized carbons (Fsp3) is 0.714. The van der Waals surface area contributed by atoms with Gasteiger partial charge in [0.25, 0.3) is 0 Å². The molecule has 0 radical (unpaired) electrons. The van der Waals surface area contributed by atoms with Crippen molar-refractivity contribution < 1.29 is 27.4 Å². The van der Waals surface area contributed by atoms with E-state index < -0.39 is 18.7 Å². The summed E-state index contributed by atoms with van der Waals surface area (Å²) in [5.41, 5.74) is 0.247. The minimum Gasteiger partial charge on any atom is -0.461 e. The third kappa shape index (κ3) is 6.08. The highest BCUT2D eigenvalue weighted by atomic mass is 32.1. The average molecular weight is 352 g/mol. The molecule has 0 aromatic carbocycles. The Morgan fingerprint density at radius 3 is 2.74 bits per heavy atom. The molecule has 0 amide bonds. The van der Waals surface area contributed by atoms with Crippen LogP contribution in [-0.4, -0.2) is 55.4 Å². The summed E-state index contributed by atoms with van der Waals surface area (Å²) >= 11 is 1.32. The van der Waals surface area contributed by atoms with E-state index in [1.54, 1.807) is 12.5 Å². The molecule has 1 aliphatic heterocycles. The number of halogens is 3. The molecule has 0 N–H and O–H groups in total. The van der Waals surface area contributed by atoms with Crippen LogP contribution in [0.3, 0.4) is 0 Å². The maximum Gasteiger partial charge on any atom is 0.401 e. The van der Waals surface area contributed by atoms with E-state index in [0.29, 0.717) is 37.5 Å². The molecule has 0 bridgehead atoms. The van der Waals surface area contributed by atoms with Gasteiger partial charge in [-0.25, -0.2) is 9.78 Å². The fourth-order valence-corrected chi connectivity index (χ4v) is 3.16. The molecule has 0 unspecified atom stereocenters. The standard InChI is InChI=1S/C14H19F3N2O3S/c1-21-7-12-18-11(8-23-12)13(20)22-6-10-2-4-19(5-3-10)9-14(15,16)17/h8,10H,2-7,9H2,1H3. The van der Waals surface area contributed by atoms with Crippen LogP contribution in [0.25, 0.3) is 0 Å². The van der Waals surface area contributed by atoms with E-state index >= 15 is 0 Å². The van der Waals surface area contributed by atoms with Crippen molar-refractivity contribution in [2.45, 2.75) is 25.6 Å². The minimum absolute atomic E-state index is 0.0977. The van der Waals surface area contributed by atoms with Crippen LogP contribution >= 0.6 is 11.3 Å². The van der Waals surface area contributed by atoms with E-state index in [4.69, 9.17) is 9.47 Å². The molecule has 5 nitrogen and oxygen atoms in total. The highest BCUT2D eigenvalue weighted by Crippen LogP contribution is 2.23. The van der Waals surface area contributed by atoms with E-state index in [9.17, 15) is 18.0 Å². The highest BCUT2D eigenvalue weighted by Gasteiger charge is 2.32. The van der Waals surface area contributed by atoms with Gasteiger partial charge in [-0.3, -0.25) is 4.90 Å². The van der Waals surface area contributed by atoms with Gasteiger partial charge in [0.1, 0.15) is 5.01 Å². The van der Waals surface area contributed by atoms with Gasteiger partial charge in [-0.05, 0) is 31.8 Å². The second-order valence-electron chi connectivity index (χ2n) is 5.49. The van der Waals surface area contributed by atoms with Crippen molar-refractivity contribution in [1.29, 1.82) is 0 Å². The number of methoxy groups -OCH3 is 1. The molecule has 23 heavy (non-hydrogen) atoms. The van der Waals surface area contributed by atoms with Gasteiger partial charge in [-0.15, -0.1) is 11.3 Å². The third-order valence-electron chi connectivity index (χ3n) is 3.59. The summed E-state index contributed by atoms with van der Waals surface area (Å²) in [4.78, 5) is 17.4. The number of likely N-dealkylation sites (tertiary alicyclic amines) is 1. The zero-order valence-corrected chi connectivity index (χ0v) is 13.6. The van der Waals surface area contributed by atoms with E-state index in [1.165, 1.54) is 16.2 Å². The molecule has 2 heterocycles. The number of thiazole rings is 1. The molecule has 1 aromatic rings. The number of esters is 1. The summed E-state index contributed by atoms with van der Waals surface area (Å²) in [7, 11) is 1.55. The van der Waals surface area contributed by atoms with Gasteiger partial charge in [0.05, 0.1) is 19.8 Å². The first kappa shape index (κ1) is 18.2. The van der Waals surface area contributed by atoms with Crippen molar-refractivity contribution in [3.8, 4) is 0 Å². The van der Waals surface area contributed by atoms with Crippen LogP contribution in [0.4, 0.5) is 13.2 Å². The summed E-state index contributed by atoms with van der Waals surface area (Å²) in [6, 6.07) is 0. The quantitative estimate of drug-likeness (QED) is 0.737. The normalized spacial score (nSPS) is 17.4. The molecule has 1 aliphatic rings. The van der Waals surface area contributed by atoms with Gasteiger partial charge < -0.3 is 9.47 Å². The average Bonchev–Trinajstić information content (AvgIpc) is 2.94. The Kier molecular flexibility index (Phi) is 6.37. The number of ether oxygens (including phenoxy) is 2. The maximum atomic E-state index is 12.3. The third-order valence-corrected chi connectivity index (χ3v) is 4.41. The molecule has 1 aromatic heterocycles. The Labute approximate surface area is 136 Å². The first-order valence-corrected chi connectivity index (χ1v) is 8.15. The lowest BCUT2D eigenvalue weighted by Gasteiger charge is -2.31. The molecule has 130 valence electrons. The van der Waals surface area contributed by atoms with Gasteiger partial charge >= 0.3 is 12.1 Å².